The highest BCUT2D eigenvalue weighted by Gasteiger charge is 2.15. The van der Waals surface area contributed by atoms with Crippen LogP contribution in [0, 0.1) is 12.7 Å². The van der Waals surface area contributed by atoms with Crippen molar-refractivity contribution in [3.8, 4) is 11.3 Å². The molecule has 0 aliphatic heterocycles. The van der Waals surface area contributed by atoms with Crippen molar-refractivity contribution in [1.82, 2.24) is 5.16 Å². The molecule has 0 radical (unpaired) electrons. The van der Waals surface area contributed by atoms with Gasteiger partial charge in [-0.05, 0) is 43.3 Å². The molecule has 1 aromatic heterocycles. The Kier molecular flexibility index (Phi) is 4.38. The molecule has 1 N–H and O–H groups in total. The standard InChI is InChI=1S/C21H14ClFN2O2/c1-12-2-4-13(5-3-12)20-16-10-14(6-8-18(16)25-27-20)21(26)24-19-9-7-15(23)11-17(19)22/h2-11H,1H3,(H,24,26). The highest BCUT2D eigenvalue weighted by atomic mass is 35.5. The highest BCUT2D eigenvalue weighted by Crippen LogP contribution is 2.30. The van der Waals surface area contributed by atoms with Crippen LogP contribution in [0.2, 0.25) is 5.02 Å². The molecule has 1 heterocycles. The van der Waals surface area contributed by atoms with E-state index in [0.717, 1.165) is 22.6 Å². The fourth-order valence-electron chi connectivity index (χ4n) is 2.78. The van der Waals surface area contributed by atoms with Crippen LogP contribution in [0.15, 0.2) is 65.2 Å². The number of hydrogen-bond acceptors (Lipinski definition) is 3. The van der Waals surface area contributed by atoms with E-state index in [1.807, 2.05) is 31.2 Å². The second-order valence-corrected chi connectivity index (χ2v) is 6.60. The largest absolute Gasteiger partial charge is 0.355 e. The average Bonchev–Trinajstić information content (AvgIpc) is 3.08. The lowest BCUT2D eigenvalue weighted by atomic mass is 10.0. The van der Waals surface area contributed by atoms with Crippen molar-refractivity contribution in [3.05, 3.63) is 82.6 Å². The molecule has 27 heavy (non-hydrogen) atoms. The number of rotatable bonds is 3. The first-order valence-corrected chi connectivity index (χ1v) is 8.62. The van der Waals surface area contributed by atoms with E-state index < -0.39 is 5.82 Å². The lowest BCUT2D eigenvalue weighted by molar-refractivity contribution is 0.102. The van der Waals surface area contributed by atoms with Gasteiger partial charge in [-0.25, -0.2) is 4.39 Å². The number of aromatic nitrogens is 1. The summed E-state index contributed by atoms with van der Waals surface area (Å²) in [7, 11) is 0. The maximum Gasteiger partial charge on any atom is 0.255 e. The zero-order valence-electron chi connectivity index (χ0n) is 14.3. The van der Waals surface area contributed by atoms with Crippen LogP contribution in [0.3, 0.4) is 0 Å². The quantitative estimate of drug-likeness (QED) is 0.485. The molecule has 6 heteroatoms. The van der Waals surface area contributed by atoms with E-state index in [1.165, 1.54) is 12.1 Å². The lowest BCUT2D eigenvalue weighted by Crippen LogP contribution is -2.12. The summed E-state index contributed by atoms with van der Waals surface area (Å²) in [5, 5.41) is 7.61. The van der Waals surface area contributed by atoms with Crippen LogP contribution in [-0.2, 0) is 0 Å². The van der Waals surface area contributed by atoms with Gasteiger partial charge in [-0.15, -0.1) is 0 Å². The van der Waals surface area contributed by atoms with Crippen LogP contribution in [0.4, 0.5) is 10.1 Å². The van der Waals surface area contributed by atoms with E-state index in [2.05, 4.69) is 10.5 Å². The van der Waals surface area contributed by atoms with Gasteiger partial charge < -0.3 is 9.84 Å². The number of anilines is 1. The number of nitrogens with zero attached hydrogens (tertiary/aromatic N) is 1. The molecule has 3 aromatic carbocycles. The van der Waals surface area contributed by atoms with Gasteiger partial charge in [-0.3, -0.25) is 4.79 Å². The molecule has 0 spiro atoms. The summed E-state index contributed by atoms with van der Waals surface area (Å²) in [4.78, 5) is 12.6. The van der Waals surface area contributed by atoms with E-state index >= 15 is 0 Å². The van der Waals surface area contributed by atoms with E-state index in [1.54, 1.807) is 18.2 Å². The van der Waals surface area contributed by atoms with E-state index in [0.29, 0.717) is 22.5 Å². The van der Waals surface area contributed by atoms with Crippen LogP contribution in [-0.4, -0.2) is 11.1 Å². The first kappa shape index (κ1) is 17.2. The topological polar surface area (TPSA) is 55.1 Å². The predicted octanol–water partition coefficient (Wildman–Crippen LogP) is 5.85. The monoisotopic (exact) mass is 380 g/mol. The summed E-state index contributed by atoms with van der Waals surface area (Å²) in [6.45, 7) is 2.01. The van der Waals surface area contributed by atoms with Crippen LogP contribution < -0.4 is 5.32 Å². The Bertz CT molecular complexity index is 1150. The number of carbonyl (C=O) groups excluding carboxylic acids is 1. The zero-order valence-corrected chi connectivity index (χ0v) is 15.0. The number of carbonyl (C=O) groups is 1. The molecule has 0 aliphatic carbocycles. The number of fused-ring (bicyclic) bond motifs is 1. The lowest BCUT2D eigenvalue weighted by Gasteiger charge is -2.07. The smallest absolute Gasteiger partial charge is 0.255 e. The Balaban J connectivity index is 1.69. The Labute approximate surface area is 159 Å². The van der Waals surface area contributed by atoms with E-state index in [4.69, 9.17) is 16.1 Å². The molecule has 134 valence electrons. The van der Waals surface area contributed by atoms with Crippen LogP contribution in [0.5, 0.6) is 0 Å². The van der Waals surface area contributed by atoms with Crippen molar-refractivity contribution >= 4 is 34.1 Å². The maximum atomic E-state index is 13.2. The molecule has 4 rings (SSSR count). The van der Waals surface area contributed by atoms with Crippen molar-refractivity contribution in [1.29, 1.82) is 0 Å². The average molecular weight is 381 g/mol. The molecule has 0 bridgehead atoms. The van der Waals surface area contributed by atoms with Gasteiger partial charge in [0.25, 0.3) is 5.91 Å². The summed E-state index contributed by atoms with van der Waals surface area (Å²) in [5.74, 6) is -0.229. The molecule has 0 unspecified atom stereocenters. The molecule has 4 aromatic rings. The van der Waals surface area contributed by atoms with Crippen molar-refractivity contribution in [2.24, 2.45) is 0 Å². The minimum Gasteiger partial charge on any atom is -0.355 e. The molecule has 0 saturated heterocycles. The van der Waals surface area contributed by atoms with Crippen molar-refractivity contribution in [2.45, 2.75) is 6.92 Å². The van der Waals surface area contributed by atoms with Crippen molar-refractivity contribution in [3.63, 3.8) is 0 Å². The normalized spacial score (nSPS) is 10.9. The first-order valence-electron chi connectivity index (χ1n) is 8.24. The number of benzene rings is 3. The molecule has 0 atom stereocenters. The second kappa shape index (κ2) is 6.85. The van der Waals surface area contributed by atoms with Gasteiger partial charge in [0.05, 0.1) is 16.1 Å². The Morgan fingerprint density at radius 2 is 1.85 bits per heavy atom. The fourth-order valence-corrected chi connectivity index (χ4v) is 3.00. The Morgan fingerprint density at radius 3 is 2.59 bits per heavy atom. The molecular weight excluding hydrogens is 367 g/mol. The van der Waals surface area contributed by atoms with Gasteiger partial charge in [0, 0.05) is 11.1 Å². The van der Waals surface area contributed by atoms with Crippen molar-refractivity contribution in [2.75, 3.05) is 5.32 Å². The number of hydrogen-bond donors (Lipinski definition) is 1. The molecule has 0 fully saturated rings. The van der Waals surface area contributed by atoms with Gasteiger partial charge in [0.1, 0.15) is 11.3 Å². The number of aryl methyl sites for hydroxylation is 1. The SMILES string of the molecule is Cc1ccc(-c2onc3ccc(C(=O)Nc4ccc(F)cc4Cl)cc23)cc1. The minimum atomic E-state index is -0.466. The Hall–Kier alpha value is -3.18. The second-order valence-electron chi connectivity index (χ2n) is 6.19. The van der Waals surface area contributed by atoms with Gasteiger partial charge in [0.2, 0.25) is 0 Å². The number of nitrogens with one attached hydrogen (secondary N) is 1. The Morgan fingerprint density at radius 1 is 1.07 bits per heavy atom. The van der Waals surface area contributed by atoms with Crippen molar-refractivity contribution < 1.29 is 13.7 Å². The van der Waals surface area contributed by atoms with Gasteiger partial charge in [-0.2, -0.15) is 0 Å². The summed E-state index contributed by atoms with van der Waals surface area (Å²) < 4.78 is 18.6. The fraction of sp³-hybridized carbons (Fsp3) is 0.0476. The van der Waals surface area contributed by atoms with Gasteiger partial charge in [-0.1, -0.05) is 46.6 Å². The van der Waals surface area contributed by atoms with Gasteiger partial charge >= 0.3 is 0 Å². The zero-order chi connectivity index (χ0) is 19.0. The maximum absolute atomic E-state index is 13.2. The summed E-state index contributed by atoms with van der Waals surface area (Å²) in [5.41, 5.74) is 3.43. The third-order valence-electron chi connectivity index (χ3n) is 4.23. The molecule has 4 nitrogen and oxygen atoms in total. The minimum absolute atomic E-state index is 0.134. The van der Waals surface area contributed by atoms with Gasteiger partial charge in [0.15, 0.2) is 5.76 Å². The summed E-state index contributed by atoms with van der Waals surface area (Å²) >= 11 is 5.98. The molecule has 0 saturated carbocycles. The third kappa shape index (κ3) is 3.41. The summed E-state index contributed by atoms with van der Waals surface area (Å²) in [6.07, 6.45) is 0. The molecule has 1 amide bonds. The first-order chi connectivity index (χ1) is 13.0. The van der Waals surface area contributed by atoms with E-state index in [9.17, 15) is 9.18 Å². The summed E-state index contributed by atoms with van der Waals surface area (Å²) in [6, 6.07) is 16.7. The third-order valence-corrected chi connectivity index (χ3v) is 4.54. The molecule has 0 aliphatic rings. The number of amides is 1. The highest BCUT2D eigenvalue weighted by molar-refractivity contribution is 6.34. The van der Waals surface area contributed by atoms with E-state index in [-0.39, 0.29) is 10.9 Å². The number of halogens is 2. The van der Waals surface area contributed by atoms with Crippen LogP contribution in [0.25, 0.3) is 22.2 Å². The van der Waals surface area contributed by atoms with Crippen LogP contribution in [0.1, 0.15) is 15.9 Å². The molecular formula is C21H14ClFN2O2. The predicted molar refractivity (Wildman–Crippen MR) is 104 cm³/mol. The van der Waals surface area contributed by atoms with Crippen LogP contribution >= 0.6 is 11.6 Å².